The van der Waals surface area contributed by atoms with Gasteiger partial charge in [-0.1, -0.05) is 23.2 Å². The first-order valence-corrected chi connectivity index (χ1v) is 10.1. The molecule has 23 heavy (non-hydrogen) atoms. The van der Waals surface area contributed by atoms with E-state index in [-0.39, 0.29) is 0 Å². The second-order valence-electron chi connectivity index (χ2n) is 6.20. The monoisotopic (exact) mass is 349 g/mol. The predicted molar refractivity (Wildman–Crippen MR) is 93.9 cm³/mol. The maximum absolute atomic E-state index is 12.2. The number of nitrogens with zero attached hydrogens (tertiary/aromatic N) is 1. The van der Waals surface area contributed by atoms with E-state index in [0.717, 1.165) is 42.5 Å². The van der Waals surface area contributed by atoms with Gasteiger partial charge in [-0.25, -0.2) is 8.42 Å². The number of allylic oxidation sites excluding steroid dienone is 5. The highest BCUT2D eigenvalue weighted by molar-refractivity contribution is 7.94. The highest BCUT2D eigenvalue weighted by atomic mass is 35.5. The molecule has 5 heteroatoms. The summed E-state index contributed by atoms with van der Waals surface area (Å²) in [4.78, 5) is 4.76. The normalized spacial score (nSPS) is 19.3. The molecule has 1 aromatic rings. The van der Waals surface area contributed by atoms with E-state index in [1.165, 1.54) is 11.8 Å². The van der Waals surface area contributed by atoms with Gasteiger partial charge in [-0.15, -0.1) is 0 Å². The number of hydrogen-bond acceptors (Lipinski definition) is 3. The van der Waals surface area contributed by atoms with Crippen molar-refractivity contribution >= 4 is 21.4 Å². The Balaban J connectivity index is 2.02. The van der Waals surface area contributed by atoms with Gasteiger partial charge in [-0.3, -0.25) is 4.98 Å². The van der Waals surface area contributed by atoms with Gasteiger partial charge in [0, 0.05) is 29.6 Å². The van der Waals surface area contributed by atoms with Gasteiger partial charge in [-0.05, 0) is 61.5 Å². The average Bonchev–Trinajstić information content (AvgIpc) is 3.03. The zero-order valence-electron chi connectivity index (χ0n) is 13.2. The van der Waals surface area contributed by atoms with Crippen molar-refractivity contribution in [3.63, 3.8) is 0 Å². The summed E-state index contributed by atoms with van der Waals surface area (Å²) in [7, 11) is -3.27. The van der Waals surface area contributed by atoms with Crippen molar-refractivity contribution in [2.24, 2.45) is 0 Å². The summed E-state index contributed by atoms with van der Waals surface area (Å²) in [6, 6.07) is 5.80. The molecule has 0 saturated heterocycles. The molecule has 2 aliphatic rings. The van der Waals surface area contributed by atoms with E-state index in [1.54, 1.807) is 12.3 Å². The Morgan fingerprint density at radius 1 is 1.22 bits per heavy atom. The first kappa shape index (κ1) is 16.5. The van der Waals surface area contributed by atoms with Gasteiger partial charge in [-0.2, -0.15) is 0 Å². The molecule has 0 spiro atoms. The quantitative estimate of drug-likeness (QED) is 0.816. The highest BCUT2D eigenvalue weighted by Gasteiger charge is 2.27. The minimum Gasteiger partial charge on any atom is -0.261 e. The summed E-state index contributed by atoms with van der Waals surface area (Å²) >= 11 is 6.39. The first-order chi connectivity index (χ1) is 10.9. The maximum Gasteiger partial charge on any atom is 0.175 e. The topological polar surface area (TPSA) is 47.0 Å². The van der Waals surface area contributed by atoms with Crippen LogP contribution in [0.2, 0.25) is 0 Å². The molecular weight excluding hydrogens is 330 g/mol. The molecular formula is C18H20ClNO2S. The van der Waals surface area contributed by atoms with E-state index in [2.05, 4.69) is 4.98 Å². The summed E-state index contributed by atoms with van der Waals surface area (Å²) in [5.41, 5.74) is 4.25. The van der Waals surface area contributed by atoms with Crippen molar-refractivity contribution < 1.29 is 8.42 Å². The van der Waals surface area contributed by atoms with Crippen LogP contribution in [-0.4, -0.2) is 19.7 Å². The molecule has 2 aliphatic carbocycles. The Labute approximate surface area is 142 Å². The van der Waals surface area contributed by atoms with E-state index < -0.39 is 9.84 Å². The smallest absolute Gasteiger partial charge is 0.175 e. The van der Waals surface area contributed by atoms with E-state index in [4.69, 9.17) is 11.6 Å². The van der Waals surface area contributed by atoms with Crippen LogP contribution in [0.3, 0.4) is 0 Å². The van der Waals surface area contributed by atoms with Crippen LogP contribution in [0.25, 0.3) is 0 Å². The first-order valence-electron chi connectivity index (χ1n) is 7.85. The molecule has 0 aliphatic heterocycles. The molecule has 1 aromatic heterocycles. The Bertz CT molecular complexity index is 797. The predicted octanol–water partition coefficient (Wildman–Crippen LogP) is 4.32. The molecule has 0 bridgehead atoms. The van der Waals surface area contributed by atoms with Crippen LogP contribution in [-0.2, 0) is 16.3 Å². The zero-order chi connectivity index (χ0) is 16.4. The largest absolute Gasteiger partial charge is 0.261 e. The number of hydrogen-bond donors (Lipinski definition) is 0. The molecule has 0 amide bonds. The summed E-state index contributed by atoms with van der Waals surface area (Å²) < 4.78 is 24.3. The molecule has 3 rings (SSSR count). The summed E-state index contributed by atoms with van der Waals surface area (Å²) in [5.74, 6) is 0. The third-order valence-corrected chi connectivity index (χ3v) is 5.98. The van der Waals surface area contributed by atoms with E-state index >= 15 is 0 Å². The molecule has 122 valence electrons. The van der Waals surface area contributed by atoms with Gasteiger partial charge >= 0.3 is 0 Å². The third-order valence-electron chi connectivity index (χ3n) is 4.44. The number of sulfone groups is 1. The molecule has 0 radical (unpaired) electrons. The second kappa shape index (κ2) is 6.62. The van der Waals surface area contributed by atoms with Gasteiger partial charge in [0.05, 0.1) is 4.91 Å². The molecule has 0 N–H and O–H groups in total. The van der Waals surface area contributed by atoms with Crippen molar-refractivity contribution in [3.8, 4) is 0 Å². The molecule has 3 nitrogen and oxygen atoms in total. The second-order valence-corrected chi connectivity index (χ2v) is 8.59. The molecule has 0 aromatic carbocycles. The van der Waals surface area contributed by atoms with Crippen molar-refractivity contribution in [1.82, 2.24) is 4.98 Å². The molecule has 0 atom stereocenters. The van der Waals surface area contributed by atoms with Gasteiger partial charge in [0.15, 0.2) is 9.84 Å². The van der Waals surface area contributed by atoms with Crippen LogP contribution >= 0.6 is 11.6 Å². The van der Waals surface area contributed by atoms with Crippen molar-refractivity contribution in [2.45, 2.75) is 38.5 Å². The molecule has 0 unspecified atom stereocenters. The average molecular weight is 350 g/mol. The van der Waals surface area contributed by atoms with Crippen LogP contribution in [0.1, 0.15) is 37.8 Å². The van der Waals surface area contributed by atoms with Crippen LogP contribution in [0.15, 0.2) is 57.1 Å². The summed E-state index contributed by atoms with van der Waals surface area (Å²) in [6.07, 6.45) is 10.2. The highest BCUT2D eigenvalue weighted by Crippen LogP contribution is 2.40. The Morgan fingerprint density at radius 2 is 1.96 bits per heavy atom. The molecule has 1 saturated carbocycles. The van der Waals surface area contributed by atoms with Crippen molar-refractivity contribution in [1.29, 1.82) is 0 Å². The number of aromatic nitrogens is 1. The lowest BCUT2D eigenvalue weighted by Gasteiger charge is -2.22. The minimum atomic E-state index is -3.27. The summed E-state index contributed by atoms with van der Waals surface area (Å²) in [6.45, 7) is 0. The lowest BCUT2D eigenvalue weighted by molar-refractivity contribution is 0.607. The number of rotatable bonds is 3. The standard InChI is InChI=1S/C18H20ClNO2S/c1-23(21,22)18-12-17(19)14(10-15-8-4-5-9-20-15)11-16(18)13-6-2-3-7-13/h4-5,8-9,12H,2-3,6-7,10-11H2,1H3. The molecule has 1 fully saturated rings. The van der Waals surface area contributed by atoms with Crippen molar-refractivity contribution in [2.75, 3.05) is 6.26 Å². The van der Waals surface area contributed by atoms with Crippen molar-refractivity contribution in [3.05, 3.63) is 62.8 Å². The summed E-state index contributed by atoms with van der Waals surface area (Å²) in [5, 5.41) is 0.540. The van der Waals surface area contributed by atoms with Crippen LogP contribution in [0, 0.1) is 0 Å². The van der Waals surface area contributed by atoms with Gasteiger partial charge < -0.3 is 0 Å². The fraction of sp³-hybridized carbons (Fsp3) is 0.389. The minimum absolute atomic E-state index is 0.407. The Hall–Kier alpha value is -1.39. The number of halogens is 1. The SMILES string of the molecule is CS(=O)(=O)C1=CC(Cl)=C(Cc2ccccn2)CC1=C1CCCC1. The maximum atomic E-state index is 12.2. The Morgan fingerprint density at radius 3 is 2.57 bits per heavy atom. The van der Waals surface area contributed by atoms with Gasteiger partial charge in [0.25, 0.3) is 0 Å². The zero-order valence-corrected chi connectivity index (χ0v) is 14.8. The Kier molecular flexibility index (Phi) is 4.74. The fourth-order valence-electron chi connectivity index (χ4n) is 3.29. The van der Waals surface area contributed by atoms with Crippen LogP contribution in [0.4, 0.5) is 0 Å². The molecule has 1 heterocycles. The van der Waals surface area contributed by atoms with Crippen LogP contribution < -0.4 is 0 Å². The fourth-order valence-corrected chi connectivity index (χ4v) is 4.59. The van der Waals surface area contributed by atoms with Gasteiger partial charge in [0.1, 0.15) is 0 Å². The van der Waals surface area contributed by atoms with E-state index in [1.807, 2.05) is 18.2 Å². The lowest BCUT2D eigenvalue weighted by atomic mass is 9.91. The third kappa shape index (κ3) is 3.75. The lowest BCUT2D eigenvalue weighted by Crippen LogP contribution is -2.12. The van der Waals surface area contributed by atoms with Crippen LogP contribution in [0.5, 0.6) is 0 Å². The van der Waals surface area contributed by atoms with E-state index in [9.17, 15) is 8.42 Å². The van der Waals surface area contributed by atoms with Gasteiger partial charge in [0.2, 0.25) is 0 Å². The number of pyridine rings is 1. The van der Waals surface area contributed by atoms with E-state index in [0.29, 0.717) is 22.8 Å².